The molecule has 1 aromatic heterocycles. The van der Waals surface area contributed by atoms with Crippen molar-refractivity contribution >= 4 is 11.8 Å². The van der Waals surface area contributed by atoms with Crippen LogP contribution in [0.1, 0.15) is 12.5 Å². The van der Waals surface area contributed by atoms with Crippen LogP contribution >= 0.6 is 11.8 Å². The van der Waals surface area contributed by atoms with Crippen molar-refractivity contribution < 1.29 is 0 Å². The summed E-state index contributed by atoms with van der Waals surface area (Å²) in [6, 6.07) is 5.56. The van der Waals surface area contributed by atoms with Crippen molar-refractivity contribution in [2.45, 2.75) is 11.9 Å². The molecule has 1 rings (SSSR count). The summed E-state index contributed by atoms with van der Waals surface area (Å²) in [6.07, 6.45) is 1.65. The Morgan fingerprint density at radius 2 is 2.54 bits per heavy atom. The number of aromatic nitrogens is 1. The predicted molar refractivity (Wildman–Crippen MR) is 54.5 cm³/mol. The van der Waals surface area contributed by atoms with Crippen LogP contribution in [-0.2, 0) is 0 Å². The van der Waals surface area contributed by atoms with Crippen LogP contribution in [0, 0.1) is 11.3 Å². The average molecular weight is 190 g/mol. The summed E-state index contributed by atoms with van der Waals surface area (Å²) in [5.74, 6) is 0.849. The second-order valence-electron chi connectivity index (χ2n) is 2.74. The van der Waals surface area contributed by atoms with Crippen molar-refractivity contribution in [2.24, 2.45) is 0 Å². The molecule has 0 aromatic carbocycles. The third-order valence-corrected chi connectivity index (χ3v) is 2.49. The van der Waals surface area contributed by atoms with Gasteiger partial charge in [-0.05, 0) is 19.1 Å². The number of rotatable bonds is 3. The molecule has 1 heterocycles. The monoisotopic (exact) mass is 190 g/mol. The molecule has 0 fully saturated rings. The molecule has 0 atom stereocenters. The summed E-state index contributed by atoms with van der Waals surface area (Å²) in [6.45, 7) is 5.77. The van der Waals surface area contributed by atoms with Gasteiger partial charge in [-0.1, -0.05) is 12.2 Å². The maximum Gasteiger partial charge on any atom is 0.0993 e. The minimum atomic E-state index is 0.652. The highest BCUT2D eigenvalue weighted by atomic mass is 32.2. The van der Waals surface area contributed by atoms with Crippen molar-refractivity contribution in [1.82, 2.24) is 4.98 Å². The fraction of sp³-hybridized carbons (Fsp3) is 0.200. The number of nitriles is 1. The Bertz CT molecular complexity index is 352. The second kappa shape index (κ2) is 4.68. The Kier molecular flexibility index (Phi) is 3.53. The van der Waals surface area contributed by atoms with Crippen molar-refractivity contribution in [1.29, 1.82) is 5.26 Å². The van der Waals surface area contributed by atoms with Crippen molar-refractivity contribution in [2.75, 3.05) is 5.75 Å². The quantitative estimate of drug-likeness (QED) is 0.543. The predicted octanol–water partition coefficient (Wildman–Crippen LogP) is 2.62. The Balaban J connectivity index is 2.68. The lowest BCUT2D eigenvalue weighted by molar-refractivity contribution is 1.12. The zero-order chi connectivity index (χ0) is 9.68. The van der Waals surface area contributed by atoms with Gasteiger partial charge in [0.2, 0.25) is 0 Å². The van der Waals surface area contributed by atoms with E-state index in [4.69, 9.17) is 5.26 Å². The molecule has 66 valence electrons. The van der Waals surface area contributed by atoms with Crippen LogP contribution in [0.25, 0.3) is 0 Å². The zero-order valence-corrected chi connectivity index (χ0v) is 8.27. The standard InChI is InChI=1S/C10H10N2S/c1-8(2)7-13-10-5-9(6-11)3-4-12-10/h3-5H,1,7H2,2H3. The topological polar surface area (TPSA) is 36.7 Å². The minimum absolute atomic E-state index is 0.652. The molecular formula is C10H10N2S. The van der Waals surface area contributed by atoms with Crippen molar-refractivity contribution in [3.63, 3.8) is 0 Å². The summed E-state index contributed by atoms with van der Waals surface area (Å²) in [4.78, 5) is 4.13. The van der Waals surface area contributed by atoms with Crippen LogP contribution in [-0.4, -0.2) is 10.7 Å². The van der Waals surface area contributed by atoms with Crippen LogP contribution in [0.15, 0.2) is 35.5 Å². The Labute approximate surface area is 82.3 Å². The summed E-state index contributed by atoms with van der Waals surface area (Å²) in [5, 5.41) is 9.51. The van der Waals surface area contributed by atoms with E-state index in [-0.39, 0.29) is 0 Å². The van der Waals surface area contributed by atoms with E-state index in [0.29, 0.717) is 5.56 Å². The Hall–Kier alpha value is -1.27. The highest BCUT2D eigenvalue weighted by molar-refractivity contribution is 7.99. The van der Waals surface area contributed by atoms with Gasteiger partial charge in [0.1, 0.15) is 0 Å². The lowest BCUT2D eigenvalue weighted by Crippen LogP contribution is -1.84. The molecule has 0 saturated carbocycles. The number of thioether (sulfide) groups is 1. The van der Waals surface area contributed by atoms with Gasteiger partial charge in [0.15, 0.2) is 0 Å². The highest BCUT2D eigenvalue weighted by Crippen LogP contribution is 2.17. The molecule has 2 nitrogen and oxygen atoms in total. The SMILES string of the molecule is C=C(C)CSc1cc(C#N)ccn1. The Morgan fingerprint density at radius 3 is 3.15 bits per heavy atom. The Morgan fingerprint density at radius 1 is 1.77 bits per heavy atom. The smallest absolute Gasteiger partial charge is 0.0993 e. The summed E-state index contributed by atoms with van der Waals surface area (Å²) in [7, 11) is 0. The lowest BCUT2D eigenvalue weighted by atomic mass is 10.3. The molecule has 0 amide bonds. The van der Waals surface area contributed by atoms with E-state index in [9.17, 15) is 0 Å². The highest BCUT2D eigenvalue weighted by Gasteiger charge is 1.97. The fourth-order valence-electron chi connectivity index (χ4n) is 0.755. The third kappa shape index (κ3) is 3.30. The largest absolute Gasteiger partial charge is 0.250 e. The van der Waals surface area contributed by atoms with Crippen LogP contribution in [0.4, 0.5) is 0 Å². The van der Waals surface area contributed by atoms with Crippen LogP contribution in [0.3, 0.4) is 0 Å². The van der Waals surface area contributed by atoms with Gasteiger partial charge in [-0.15, -0.1) is 11.8 Å². The van der Waals surface area contributed by atoms with Gasteiger partial charge in [0.25, 0.3) is 0 Å². The molecule has 0 radical (unpaired) electrons. The van der Waals surface area contributed by atoms with Gasteiger partial charge in [-0.2, -0.15) is 5.26 Å². The molecule has 0 unspecified atom stereocenters. The lowest BCUT2D eigenvalue weighted by Gasteiger charge is -1.99. The maximum atomic E-state index is 8.63. The first-order chi connectivity index (χ1) is 6.22. The first-order valence-electron chi connectivity index (χ1n) is 3.85. The second-order valence-corrected chi connectivity index (χ2v) is 3.74. The van der Waals surface area contributed by atoms with Crippen molar-refractivity contribution in [3.8, 4) is 6.07 Å². The molecule has 0 N–H and O–H groups in total. The van der Waals surface area contributed by atoms with Gasteiger partial charge < -0.3 is 0 Å². The summed E-state index contributed by atoms with van der Waals surface area (Å²) in [5.41, 5.74) is 1.76. The molecule has 0 aliphatic rings. The van der Waals surface area contributed by atoms with E-state index in [1.807, 2.05) is 6.92 Å². The third-order valence-electron chi connectivity index (χ3n) is 1.33. The molecule has 0 saturated heterocycles. The number of pyridine rings is 1. The summed E-state index contributed by atoms with van der Waals surface area (Å²) >= 11 is 1.60. The zero-order valence-electron chi connectivity index (χ0n) is 7.45. The van der Waals surface area contributed by atoms with E-state index in [2.05, 4.69) is 17.6 Å². The van der Waals surface area contributed by atoms with E-state index < -0.39 is 0 Å². The number of nitrogens with zero attached hydrogens (tertiary/aromatic N) is 2. The van der Waals surface area contributed by atoms with Crippen LogP contribution in [0.5, 0.6) is 0 Å². The average Bonchev–Trinajstić information content (AvgIpc) is 2.15. The van der Waals surface area contributed by atoms with Gasteiger partial charge in [-0.3, -0.25) is 0 Å². The maximum absolute atomic E-state index is 8.63. The van der Waals surface area contributed by atoms with Gasteiger partial charge in [0, 0.05) is 11.9 Å². The number of hydrogen-bond acceptors (Lipinski definition) is 3. The first kappa shape index (κ1) is 9.82. The van der Waals surface area contributed by atoms with E-state index in [0.717, 1.165) is 16.4 Å². The van der Waals surface area contributed by atoms with E-state index in [1.54, 1.807) is 30.1 Å². The van der Waals surface area contributed by atoms with Gasteiger partial charge >= 0.3 is 0 Å². The summed E-state index contributed by atoms with van der Waals surface area (Å²) < 4.78 is 0. The van der Waals surface area contributed by atoms with Crippen molar-refractivity contribution in [3.05, 3.63) is 36.0 Å². The van der Waals surface area contributed by atoms with Crippen LogP contribution in [0.2, 0.25) is 0 Å². The van der Waals surface area contributed by atoms with Gasteiger partial charge in [-0.25, -0.2) is 4.98 Å². The van der Waals surface area contributed by atoms with Crippen LogP contribution < -0.4 is 0 Å². The molecule has 0 bridgehead atoms. The normalized spacial score (nSPS) is 9.23. The molecule has 13 heavy (non-hydrogen) atoms. The van der Waals surface area contributed by atoms with E-state index in [1.165, 1.54) is 0 Å². The molecular weight excluding hydrogens is 180 g/mol. The minimum Gasteiger partial charge on any atom is -0.250 e. The first-order valence-corrected chi connectivity index (χ1v) is 4.84. The van der Waals surface area contributed by atoms with E-state index >= 15 is 0 Å². The molecule has 0 aliphatic carbocycles. The molecule has 3 heteroatoms. The fourth-order valence-corrected chi connectivity index (χ4v) is 1.50. The molecule has 1 aromatic rings. The number of hydrogen-bond donors (Lipinski definition) is 0. The molecule has 0 spiro atoms. The van der Waals surface area contributed by atoms with Gasteiger partial charge in [0.05, 0.1) is 16.7 Å². The molecule has 0 aliphatic heterocycles.